The molecule has 1 heterocycles. The van der Waals surface area contributed by atoms with Gasteiger partial charge in [-0.25, -0.2) is 0 Å². The summed E-state index contributed by atoms with van der Waals surface area (Å²) in [6.07, 6.45) is 9.68. The molecule has 1 atom stereocenters. The Morgan fingerprint density at radius 2 is 2.54 bits per heavy atom. The molecule has 1 aliphatic heterocycles. The van der Waals surface area contributed by atoms with Crippen LogP contribution in [0.2, 0.25) is 0 Å². The predicted molar refractivity (Wildman–Crippen MR) is 56.3 cm³/mol. The molecule has 0 aromatic rings. The van der Waals surface area contributed by atoms with E-state index in [0.29, 0.717) is 0 Å². The molecule has 0 amide bonds. The van der Waals surface area contributed by atoms with Crippen LogP contribution in [-0.2, 0) is 0 Å². The minimum atomic E-state index is 0.0733. The molecule has 1 unspecified atom stereocenters. The van der Waals surface area contributed by atoms with Crippen molar-refractivity contribution < 1.29 is 0 Å². The molecule has 70 valence electrons. The summed E-state index contributed by atoms with van der Waals surface area (Å²) in [5, 5.41) is 0. The van der Waals surface area contributed by atoms with Gasteiger partial charge in [0.2, 0.25) is 0 Å². The highest BCUT2D eigenvalue weighted by Crippen LogP contribution is 2.10. The lowest BCUT2D eigenvalue weighted by Gasteiger charge is -2.20. The van der Waals surface area contributed by atoms with E-state index in [1.807, 2.05) is 24.2 Å². The van der Waals surface area contributed by atoms with Crippen molar-refractivity contribution in [2.24, 2.45) is 10.7 Å². The first kappa shape index (κ1) is 9.74. The summed E-state index contributed by atoms with van der Waals surface area (Å²) < 4.78 is 0. The van der Waals surface area contributed by atoms with Crippen LogP contribution in [0.25, 0.3) is 0 Å². The molecular formula is C10H15N3. The smallest absolute Gasteiger partial charge is 0.0423 e. The van der Waals surface area contributed by atoms with Crippen LogP contribution < -0.4 is 5.73 Å². The molecule has 0 aromatic heterocycles. The summed E-state index contributed by atoms with van der Waals surface area (Å²) in [6, 6.07) is 0.0733. The summed E-state index contributed by atoms with van der Waals surface area (Å²) in [5.41, 5.74) is 6.88. The summed E-state index contributed by atoms with van der Waals surface area (Å²) in [4.78, 5) is 5.66. The van der Waals surface area contributed by atoms with Gasteiger partial charge in [-0.15, -0.1) is 0 Å². The monoisotopic (exact) mass is 177 g/mol. The number of hydrogen-bond donors (Lipinski definition) is 1. The van der Waals surface area contributed by atoms with Gasteiger partial charge in [0.1, 0.15) is 0 Å². The fourth-order valence-corrected chi connectivity index (χ4v) is 1.10. The maximum Gasteiger partial charge on any atom is 0.0423 e. The minimum Gasteiger partial charge on any atom is -0.349 e. The Morgan fingerprint density at radius 3 is 3.15 bits per heavy atom. The fraction of sp³-hybridized carbons (Fsp3) is 0.300. The highest BCUT2D eigenvalue weighted by molar-refractivity contribution is 5.28. The molecular weight excluding hydrogens is 162 g/mol. The van der Waals surface area contributed by atoms with Crippen LogP contribution in [0.3, 0.4) is 0 Å². The molecule has 0 aromatic carbocycles. The Kier molecular flexibility index (Phi) is 3.46. The van der Waals surface area contributed by atoms with Crippen molar-refractivity contribution in [1.82, 2.24) is 4.90 Å². The molecule has 3 nitrogen and oxygen atoms in total. The Hall–Kier alpha value is -1.35. The molecule has 0 spiro atoms. The first-order valence-electron chi connectivity index (χ1n) is 4.26. The van der Waals surface area contributed by atoms with Gasteiger partial charge in [-0.2, -0.15) is 0 Å². The lowest BCUT2D eigenvalue weighted by Crippen LogP contribution is -2.22. The van der Waals surface area contributed by atoms with Crippen molar-refractivity contribution in [1.29, 1.82) is 0 Å². The van der Waals surface area contributed by atoms with Gasteiger partial charge in [0.05, 0.1) is 0 Å². The third-order valence-electron chi connectivity index (χ3n) is 1.83. The third-order valence-corrected chi connectivity index (χ3v) is 1.83. The molecule has 0 fully saturated rings. The van der Waals surface area contributed by atoms with Crippen LogP contribution in [-0.4, -0.2) is 24.2 Å². The van der Waals surface area contributed by atoms with Gasteiger partial charge in [0.15, 0.2) is 0 Å². The molecule has 0 aliphatic carbocycles. The second-order valence-electron chi connectivity index (χ2n) is 3.00. The zero-order chi connectivity index (χ0) is 9.68. The average Bonchev–Trinajstić information content (AvgIpc) is 2.15. The molecule has 13 heavy (non-hydrogen) atoms. The normalized spacial score (nSPS) is 18.9. The molecule has 0 bridgehead atoms. The summed E-state index contributed by atoms with van der Waals surface area (Å²) in [7, 11) is 0. The molecule has 0 radical (unpaired) electrons. The van der Waals surface area contributed by atoms with Gasteiger partial charge in [-0.3, -0.25) is 4.99 Å². The summed E-state index contributed by atoms with van der Waals surface area (Å²) in [6.45, 7) is 6.20. The highest BCUT2D eigenvalue weighted by Gasteiger charge is 2.05. The molecule has 0 saturated heterocycles. The van der Waals surface area contributed by atoms with E-state index in [1.165, 1.54) is 0 Å². The zero-order valence-electron chi connectivity index (χ0n) is 7.85. The van der Waals surface area contributed by atoms with Crippen molar-refractivity contribution in [3.05, 3.63) is 36.3 Å². The van der Waals surface area contributed by atoms with Crippen molar-refractivity contribution in [2.75, 3.05) is 6.54 Å². The Labute approximate surface area is 78.9 Å². The van der Waals surface area contributed by atoms with E-state index in [-0.39, 0.29) is 6.04 Å². The van der Waals surface area contributed by atoms with Crippen molar-refractivity contribution in [2.45, 2.75) is 13.0 Å². The van der Waals surface area contributed by atoms with Gasteiger partial charge in [-0.05, 0) is 19.2 Å². The van der Waals surface area contributed by atoms with Gasteiger partial charge < -0.3 is 10.6 Å². The number of rotatable bonds is 3. The van der Waals surface area contributed by atoms with Crippen molar-refractivity contribution in [3.63, 3.8) is 0 Å². The van der Waals surface area contributed by atoms with Gasteiger partial charge in [-0.1, -0.05) is 12.2 Å². The van der Waals surface area contributed by atoms with E-state index in [4.69, 9.17) is 5.73 Å². The van der Waals surface area contributed by atoms with Gasteiger partial charge in [0.25, 0.3) is 0 Å². The van der Waals surface area contributed by atoms with Crippen LogP contribution in [0.4, 0.5) is 0 Å². The number of aliphatic imine (C=N–C) groups is 1. The van der Waals surface area contributed by atoms with Crippen LogP contribution in [0.15, 0.2) is 41.3 Å². The van der Waals surface area contributed by atoms with Crippen molar-refractivity contribution >= 4 is 6.72 Å². The number of hydrogen-bond acceptors (Lipinski definition) is 3. The van der Waals surface area contributed by atoms with E-state index in [9.17, 15) is 0 Å². The Morgan fingerprint density at radius 1 is 1.77 bits per heavy atom. The predicted octanol–water partition coefficient (Wildman–Crippen LogP) is 1.26. The van der Waals surface area contributed by atoms with Crippen LogP contribution in [0.5, 0.6) is 0 Å². The average molecular weight is 177 g/mol. The third kappa shape index (κ3) is 2.87. The molecule has 3 heteroatoms. The van der Waals surface area contributed by atoms with E-state index < -0.39 is 0 Å². The summed E-state index contributed by atoms with van der Waals surface area (Å²) >= 11 is 0. The lowest BCUT2D eigenvalue weighted by atomic mass is 10.1. The van der Waals surface area contributed by atoms with Gasteiger partial charge in [0, 0.05) is 31.2 Å². The minimum absolute atomic E-state index is 0.0733. The molecule has 0 saturated carbocycles. The standard InChI is InChI=1S/C10H15N3/c1-9(11)10-4-3-6-13(8-10)7-5-12-2/h3-5,7-9H,2,6,11H2,1H3/b7-5-. The van der Waals surface area contributed by atoms with Crippen molar-refractivity contribution in [3.8, 4) is 0 Å². The number of nitrogens with zero attached hydrogens (tertiary/aromatic N) is 2. The van der Waals surface area contributed by atoms with E-state index in [0.717, 1.165) is 12.1 Å². The highest BCUT2D eigenvalue weighted by atomic mass is 15.1. The van der Waals surface area contributed by atoms with Crippen LogP contribution in [0, 0.1) is 0 Å². The van der Waals surface area contributed by atoms with Gasteiger partial charge >= 0.3 is 0 Å². The van der Waals surface area contributed by atoms with E-state index >= 15 is 0 Å². The second-order valence-corrected chi connectivity index (χ2v) is 3.00. The second kappa shape index (κ2) is 4.62. The first-order valence-corrected chi connectivity index (χ1v) is 4.26. The fourth-order valence-electron chi connectivity index (χ4n) is 1.10. The quantitative estimate of drug-likeness (QED) is 0.659. The Bertz CT molecular complexity index is 261. The SMILES string of the molecule is C=N/C=C\N1C=C(C(C)N)C=CC1. The first-order chi connectivity index (χ1) is 6.24. The molecule has 1 rings (SSSR count). The molecule has 2 N–H and O–H groups in total. The topological polar surface area (TPSA) is 41.6 Å². The summed E-state index contributed by atoms with van der Waals surface area (Å²) in [5.74, 6) is 0. The lowest BCUT2D eigenvalue weighted by molar-refractivity contribution is 0.547. The maximum absolute atomic E-state index is 5.75. The zero-order valence-corrected chi connectivity index (χ0v) is 7.85. The maximum atomic E-state index is 5.75. The van der Waals surface area contributed by atoms with Crippen LogP contribution in [0.1, 0.15) is 6.92 Å². The van der Waals surface area contributed by atoms with Crippen LogP contribution >= 0.6 is 0 Å². The molecule has 1 aliphatic rings. The Balaban J connectivity index is 2.66. The largest absolute Gasteiger partial charge is 0.349 e. The van der Waals surface area contributed by atoms with E-state index in [1.54, 1.807) is 6.20 Å². The number of nitrogens with two attached hydrogens (primary N) is 1. The van der Waals surface area contributed by atoms with E-state index in [2.05, 4.69) is 23.9 Å².